The van der Waals surface area contributed by atoms with E-state index in [9.17, 15) is 9.50 Å². The summed E-state index contributed by atoms with van der Waals surface area (Å²) in [5, 5.41) is 9.24. The zero-order valence-electron chi connectivity index (χ0n) is 8.39. The predicted molar refractivity (Wildman–Crippen MR) is 54.8 cm³/mol. The van der Waals surface area contributed by atoms with Gasteiger partial charge in [-0.05, 0) is 49.9 Å². The van der Waals surface area contributed by atoms with Crippen molar-refractivity contribution in [3.05, 3.63) is 29.1 Å². The number of phenols is 1. The quantitative estimate of drug-likeness (QED) is 0.726. The van der Waals surface area contributed by atoms with Gasteiger partial charge in [0.25, 0.3) is 0 Å². The summed E-state index contributed by atoms with van der Waals surface area (Å²) in [6, 6.07) is 3.25. The third-order valence-electron chi connectivity index (χ3n) is 2.21. The molecule has 1 rings (SSSR count). The third kappa shape index (κ3) is 2.70. The molecule has 0 aliphatic rings. The molecule has 0 saturated carbocycles. The Morgan fingerprint density at radius 3 is 2.64 bits per heavy atom. The molecule has 1 aromatic rings. The molecule has 0 spiro atoms. The fraction of sp³-hybridized carbons (Fsp3) is 0.455. The van der Waals surface area contributed by atoms with Crippen LogP contribution in [0, 0.1) is 12.7 Å². The minimum Gasteiger partial charge on any atom is -0.505 e. The molecule has 0 radical (unpaired) electrons. The Morgan fingerprint density at radius 1 is 1.36 bits per heavy atom. The molecule has 0 aliphatic carbocycles. The van der Waals surface area contributed by atoms with Gasteiger partial charge >= 0.3 is 0 Å². The maximum absolute atomic E-state index is 13.0. The average Bonchev–Trinajstić information content (AvgIpc) is 2.14. The number of benzene rings is 1. The summed E-state index contributed by atoms with van der Waals surface area (Å²) in [6.07, 6.45) is 2.77. The van der Waals surface area contributed by atoms with E-state index in [1.807, 2.05) is 0 Å². The molecule has 3 heteroatoms. The van der Waals surface area contributed by atoms with Gasteiger partial charge < -0.3 is 10.8 Å². The van der Waals surface area contributed by atoms with Crippen molar-refractivity contribution in [1.29, 1.82) is 0 Å². The molecule has 2 nitrogen and oxygen atoms in total. The van der Waals surface area contributed by atoms with Crippen molar-refractivity contribution >= 4 is 0 Å². The Labute approximate surface area is 83.6 Å². The van der Waals surface area contributed by atoms with Gasteiger partial charge in [-0.3, -0.25) is 0 Å². The second-order valence-electron chi connectivity index (χ2n) is 3.49. The molecule has 0 heterocycles. The highest BCUT2D eigenvalue weighted by Crippen LogP contribution is 2.21. The van der Waals surface area contributed by atoms with E-state index in [4.69, 9.17) is 5.73 Å². The fourth-order valence-electron chi connectivity index (χ4n) is 1.44. The van der Waals surface area contributed by atoms with Crippen LogP contribution in [0.4, 0.5) is 4.39 Å². The van der Waals surface area contributed by atoms with Gasteiger partial charge in [0.1, 0.15) is 0 Å². The molecule has 0 saturated heterocycles. The summed E-state index contributed by atoms with van der Waals surface area (Å²) >= 11 is 0. The maximum Gasteiger partial charge on any atom is 0.167 e. The highest BCUT2D eigenvalue weighted by Gasteiger charge is 2.05. The molecular formula is C11H16FNO. The Balaban J connectivity index is 2.69. The molecule has 0 aliphatic heterocycles. The maximum atomic E-state index is 13.0. The first-order chi connectivity index (χ1) is 6.65. The molecule has 14 heavy (non-hydrogen) atoms. The number of hydrogen-bond donors (Lipinski definition) is 2. The Kier molecular flexibility index (Phi) is 3.89. The van der Waals surface area contributed by atoms with E-state index in [0.29, 0.717) is 12.1 Å². The monoisotopic (exact) mass is 197 g/mol. The third-order valence-corrected chi connectivity index (χ3v) is 2.21. The summed E-state index contributed by atoms with van der Waals surface area (Å²) in [5.41, 5.74) is 6.83. The van der Waals surface area contributed by atoms with Gasteiger partial charge in [-0.2, -0.15) is 0 Å². The normalized spacial score (nSPS) is 10.5. The average molecular weight is 197 g/mol. The van der Waals surface area contributed by atoms with Crippen LogP contribution in [-0.4, -0.2) is 11.7 Å². The van der Waals surface area contributed by atoms with E-state index in [1.165, 1.54) is 6.07 Å². The number of phenolic OH excluding ortho intramolecular Hbond substituents is 1. The van der Waals surface area contributed by atoms with Gasteiger partial charge in [0.2, 0.25) is 0 Å². The van der Waals surface area contributed by atoms with Crippen molar-refractivity contribution in [2.45, 2.75) is 26.2 Å². The van der Waals surface area contributed by atoms with Crippen LogP contribution in [0.2, 0.25) is 0 Å². The largest absolute Gasteiger partial charge is 0.505 e. The van der Waals surface area contributed by atoms with E-state index >= 15 is 0 Å². The van der Waals surface area contributed by atoms with Crippen molar-refractivity contribution in [2.75, 3.05) is 6.54 Å². The first kappa shape index (κ1) is 11.0. The van der Waals surface area contributed by atoms with Crippen molar-refractivity contribution in [2.24, 2.45) is 5.73 Å². The smallest absolute Gasteiger partial charge is 0.167 e. The highest BCUT2D eigenvalue weighted by atomic mass is 19.1. The Bertz CT molecular complexity index is 289. The lowest BCUT2D eigenvalue weighted by molar-refractivity contribution is 0.429. The minimum absolute atomic E-state index is 0.257. The zero-order chi connectivity index (χ0) is 10.6. The lowest BCUT2D eigenvalue weighted by Crippen LogP contribution is -1.99. The summed E-state index contributed by atoms with van der Waals surface area (Å²) in [5.74, 6) is -0.777. The molecule has 0 atom stereocenters. The van der Waals surface area contributed by atoms with Crippen molar-refractivity contribution < 1.29 is 9.50 Å². The fourth-order valence-corrected chi connectivity index (χ4v) is 1.44. The zero-order valence-corrected chi connectivity index (χ0v) is 8.39. The number of unbranched alkanes of at least 4 members (excludes halogenated alkanes) is 1. The van der Waals surface area contributed by atoms with Crippen LogP contribution in [0.1, 0.15) is 24.0 Å². The molecule has 1 aromatic carbocycles. The number of aryl methyl sites for hydroxylation is 2. The van der Waals surface area contributed by atoms with E-state index < -0.39 is 5.82 Å². The second-order valence-corrected chi connectivity index (χ2v) is 3.49. The van der Waals surface area contributed by atoms with E-state index in [1.54, 1.807) is 13.0 Å². The lowest BCUT2D eigenvalue weighted by Gasteiger charge is -2.05. The highest BCUT2D eigenvalue weighted by molar-refractivity contribution is 5.34. The van der Waals surface area contributed by atoms with Crippen molar-refractivity contribution in [1.82, 2.24) is 0 Å². The molecule has 0 fully saturated rings. The summed E-state index contributed by atoms with van der Waals surface area (Å²) in [6.45, 7) is 2.33. The molecule has 0 bridgehead atoms. The second kappa shape index (κ2) is 4.96. The van der Waals surface area contributed by atoms with Gasteiger partial charge in [0, 0.05) is 0 Å². The van der Waals surface area contributed by atoms with Crippen LogP contribution in [0.5, 0.6) is 5.75 Å². The summed E-state index contributed by atoms with van der Waals surface area (Å²) < 4.78 is 13.0. The molecule has 0 amide bonds. The Morgan fingerprint density at radius 2 is 2.07 bits per heavy atom. The minimum atomic E-state index is -0.521. The molecule has 3 N–H and O–H groups in total. The molecule has 78 valence electrons. The van der Waals surface area contributed by atoms with Crippen LogP contribution in [-0.2, 0) is 6.42 Å². The number of nitrogens with two attached hydrogens (primary N) is 1. The van der Waals surface area contributed by atoms with Crippen LogP contribution in [0.15, 0.2) is 12.1 Å². The lowest BCUT2D eigenvalue weighted by atomic mass is 10.0. The van der Waals surface area contributed by atoms with Crippen LogP contribution in [0.25, 0.3) is 0 Å². The van der Waals surface area contributed by atoms with Gasteiger partial charge in [-0.1, -0.05) is 6.07 Å². The number of hydrogen-bond acceptors (Lipinski definition) is 2. The van der Waals surface area contributed by atoms with E-state index in [0.717, 1.165) is 24.8 Å². The van der Waals surface area contributed by atoms with Crippen LogP contribution >= 0.6 is 0 Å². The topological polar surface area (TPSA) is 46.2 Å². The first-order valence-corrected chi connectivity index (χ1v) is 4.83. The van der Waals surface area contributed by atoms with Gasteiger partial charge in [-0.25, -0.2) is 4.39 Å². The number of halogens is 1. The predicted octanol–water partition coefficient (Wildman–Crippen LogP) is 2.12. The van der Waals surface area contributed by atoms with Crippen LogP contribution in [0.3, 0.4) is 0 Å². The first-order valence-electron chi connectivity index (χ1n) is 4.83. The molecular weight excluding hydrogens is 181 g/mol. The number of aromatic hydroxyl groups is 1. The standard InChI is InChI=1S/C11H16FNO/c1-8-6-9(4-2-3-5-13)7-10(14)11(8)12/h6-7,14H,2-5,13H2,1H3. The molecule has 0 aromatic heterocycles. The van der Waals surface area contributed by atoms with Crippen molar-refractivity contribution in [3.8, 4) is 5.75 Å². The van der Waals surface area contributed by atoms with Gasteiger partial charge in [0.15, 0.2) is 11.6 Å². The van der Waals surface area contributed by atoms with Crippen LogP contribution < -0.4 is 5.73 Å². The van der Waals surface area contributed by atoms with E-state index in [-0.39, 0.29) is 5.75 Å². The number of rotatable bonds is 4. The van der Waals surface area contributed by atoms with E-state index in [2.05, 4.69) is 0 Å². The molecule has 0 unspecified atom stereocenters. The summed E-state index contributed by atoms with van der Waals surface area (Å²) in [4.78, 5) is 0. The van der Waals surface area contributed by atoms with Crippen molar-refractivity contribution in [3.63, 3.8) is 0 Å². The van der Waals surface area contributed by atoms with Gasteiger partial charge in [-0.15, -0.1) is 0 Å². The Hall–Kier alpha value is -1.09. The summed E-state index contributed by atoms with van der Waals surface area (Å²) in [7, 11) is 0. The van der Waals surface area contributed by atoms with Gasteiger partial charge in [0.05, 0.1) is 0 Å². The SMILES string of the molecule is Cc1cc(CCCCN)cc(O)c1F.